The standard InChI is InChI=1S/C29H21NO11/c1-27(39,25(37)26(38)40-2)29-16-7-5-3-4-6-8-17(33)28(29,41-29)13-11-15(32)19-20(21(13)30-16)24(36)18-12(22(19)34)9-10-14(31)23(18)35/h3-4,9-11,16-17,25,30-33,35,37,39H,1-2H3/b4-3-/t16-,17+,25?,27?,28?,29+/m0/s1. The monoisotopic (exact) mass is 559 g/mol. The second-order valence-electron chi connectivity index (χ2n) is 10.1. The molecule has 2 aliphatic heterocycles. The van der Waals surface area contributed by atoms with Gasteiger partial charge in [-0.1, -0.05) is 23.7 Å². The minimum atomic E-state index is -2.53. The number of rotatable bonds is 3. The van der Waals surface area contributed by atoms with E-state index in [9.17, 15) is 45.0 Å². The summed E-state index contributed by atoms with van der Waals surface area (Å²) in [5, 5.41) is 68.6. The molecule has 0 saturated carbocycles. The molecule has 2 bridgehead atoms. The van der Waals surface area contributed by atoms with Crippen molar-refractivity contribution in [1.29, 1.82) is 0 Å². The van der Waals surface area contributed by atoms with E-state index >= 15 is 0 Å². The van der Waals surface area contributed by atoms with E-state index in [-0.39, 0.29) is 16.8 Å². The summed E-state index contributed by atoms with van der Waals surface area (Å²) in [4.78, 5) is 39.7. The van der Waals surface area contributed by atoms with Crippen molar-refractivity contribution >= 4 is 23.2 Å². The van der Waals surface area contributed by atoms with Gasteiger partial charge >= 0.3 is 5.97 Å². The molecule has 1 saturated heterocycles. The lowest BCUT2D eigenvalue weighted by atomic mass is 9.64. The van der Waals surface area contributed by atoms with E-state index in [1.54, 1.807) is 0 Å². The molecule has 12 nitrogen and oxygen atoms in total. The Balaban J connectivity index is 1.68. The van der Waals surface area contributed by atoms with Crippen molar-refractivity contribution in [2.45, 2.75) is 42.0 Å². The van der Waals surface area contributed by atoms with Gasteiger partial charge in [-0.15, -0.1) is 0 Å². The largest absolute Gasteiger partial charge is 0.507 e. The second kappa shape index (κ2) is 8.33. The minimum Gasteiger partial charge on any atom is -0.507 e. The van der Waals surface area contributed by atoms with Gasteiger partial charge in [-0.3, -0.25) is 9.59 Å². The van der Waals surface area contributed by atoms with Crippen LogP contribution >= 0.6 is 0 Å². The molecule has 0 spiro atoms. The number of phenolic OH excluding ortho intramolecular Hbond substituents is 3. The number of aliphatic hydroxyl groups is 3. The number of anilines is 1. The van der Waals surface area contributed by atoms with E-state index in [0.29, 0.717) is 0 Å². The first-order chi connectivity index (χ1) is 19.4. The first kappa shape index (κ1) is 26.4. The maximum atomic E-state index is 13.9. The van der Waals surface area contributed by atoms with Crippen LogP contribution in [-0.2, 0) is 19.9 Å². The van der Waals surface area contributed by atoms with Crippen LogP contribution in [0.5, 0.6) is 17.2 Å². The Labute approximate surface area is 231 Å². The number of ether oxygens (including phenoxy) is 2. The van der Waals surface area contributed by atoms with Gasteiger partial charge < -0.3 is 45.4 Å². The minimum absolute atomic E-state index is 0.147. The summed E-state index contributed by atoms with van der Waals surface area (Å²) in [7, 11) is 0.994. The van der Waals surface area contributed by atoms with Crippen LogP contribution < -0.4 is 5.32 Å². The third-order valence-corrected chi connectivity index (χ3v) is 8.11. The highest BCUT2D eigenvalue weighted by Gasteiger charge is 2.87. The van der Waals surface area contributed by atoms with Crippen LogP contribution in [0, 0.1) is 23.7 Å². The Hall–Kier alpha value is -4.85. The third-order valence-electron chi connectivity index (χ3n) is 8.11. The van der Waals surface area contributed by atoms with Crippen molar-refractivity contribution in [3.05, 3.63) is 58.2 Å². The van der Waals surface area contributed by atoms with Gasteiger partial charge in [0.05, 0.1) is 29.5 Å². The number of esters is 1. The number of methoxy groups -OCH3 is 1. The molecule has 0 radical (unpaired) electrons. The molecule has 208 valence electrons. The Kier molecular flexibility index (Phi) is 5.36. The average Bonchev–Trinajstić information content (AvgIpc) is 3.68. The summed E-state index contributed by atoms with van der Waals surface area (Å²) in [6, 6.07) is 1.84. The maximum absolute atomic E-state index is 13.9. The zero-order chi connectivity index (χ0) is 29.6. The fraction of sp³-hybridized carbons (Fsp3) is 0.276. The van der Waals surface area contributed by atoms with Gasteiger partial charge in [0.15, 0.2) is 40.7 Å². The molecule has 7 N–H and O–H groups in total. The number of epoxide rings is 1. The molecule has 2 heterocycles. The van der Waals surface area contributed by atoms with Crippen LogP contribution in [0.4, 0.5) is 5.69 Å². The lowest BCUT2D eigenvalue weighted by Crippen LogP contribution is -2.66. The molecule has 2 aliphatic carbocycles. The number of carbonyl (C=O) groups excluding carboxylic acids is 3. The van der Waals surface area contributed by atoms with Gasteiger partial charge in [0.2, 0.25) is 5.78 Å². The SMILES string of the molecule is COC(=O)C(O)C(C)(O)[C@@]12OC13c1cc(O)c4c(c1N[C@H]2C#C/C=C\C#C[C@H]3O)C(=O)c1c(ccc(O)c1O)C4=O. The van der Waals surface area contributed by atoms with Crippen LogP contribution in [0.25, 0.3) is 0 Å². The van der Waals surface area contributed by atoms with Gasteiger partial charge in [-0.2, -0.15) is 0 Å². The average molecular weight is 559 g/mol. The number of aromatic hydroxyl groups is 3. The third kappa shape index (κ3) is 3.02. The first-order valence-corrected chi connectivity index (χ1v) is 12.2. The number of hydrogen-bond donors (Lipinski definition) is 7. The Morgan fingerprint density at radius 2 is 1.76 bits per heavy atom. The highest BCUT2D eigenvalue weighted by Crippen LogP contribution is 2.70. The quantitative estimate of drug-likeness (QED) is 0.0717. The fourth-order valence-electron chi connectivity index (χ4n) is 6.13. The molecule has 0 amide bonds. The molecule has 3 unspecified atom stereocenters. The number of fused-ring (bicyclic) bond motifs is 4. The zero-order valence-corrected chi connectivity index (χ0v) is 21.3. The number of allylic oxidation sites excluding steroid dienone is 2. The topological polar surface area (TPSA) is 206 Å². The molecule has 6 atom stereocenters. The van der Waals surface area contributed by atoms with E-state index in [4.69, 9.17) is 4.74 Å². The lowest BCUT2D eigenvalue weighted by Gasteiger charge is -2.43. The van der Waals surface area contributed by atoms with E-state index in [1.807, 2.05) is 0 Å². The summed E-state index contributed by atoms with van der Waals surface area (Å²) in [6.07, 6.45) is -1.34. The van der Waals surface area contributed by atoms with Crippen molar-refractivity contribution < 1.29 is 54.5 Å². The Morgan fingerprint density at radius 3 is 2.44 bits per heavy atom. The Bertz CT molecular complexity index is 1770. The normalized spacial score (nSPS) is 29.2. The van der Waals surface area contributed by atoms with Gasteiger partial charge in [0, 0.05) is 11.1 Å². The zero-order valence-electron chi connectivity index (χ0n) is 21.3. The van der Waals surface area contributed by atoms with Crippen LogP contribution in [0.1, 0.15) is 44.3 Å². The van der Waals surface area contributed by atoms with Crippen molar-refractivity contribution in [1.82, 2.24) is 0 Å². The number of hydrogen-bond acceptors (Lipinski definition) is 12. The molecule has 2 aromatic carbocycles. The molecule has 0 aromatic heterocycles. The first-order valence-electron chi connectivity index (χ1n) is 12.2. The summed E-state index contributed by atoms with van der Waals surface area (Å²) in [5.41, 5.74) is -8.71. The lowest BCUT2D eigenvalue weighted by molar-refractivity contribution is -0.174. The van der Waals surface area contributed by atoms with E-state index < -0.39 is 86.5 Å². The maximum Gasteiger partial charge on any atom is 0.337 e. The van der Waals surface area contributed by atoms with Crippen molar-refractivity contribution in [3.63, 3.8) is 0 Å². The van der Waals surface area contributed by atoms with Crippen molar-refractivity contribution in [2.24, 2.45) is 0 Å². The molecular weight excluding hydrogens is 538 g/mol. The fourth-order valence-corrected chi connectivity index (χ4v) is 6.13. The molecule has 4 aliphatic rings. The number of ketones is 2. The van der Waals surface area contributed by atoms with Crippen LogP contribution in [0.15, 0.2) is 30.4 Å². The molecule has 12 heteroatoms. The summed E-state index contributed by atoms with van der Waals surface area (Å²) in [5.74, 6) is 5.38. The van der Waals surface area contributed by atoms with Crippen molar-refractivity contribution in [2.75, 3.05) is 12.4 Å². The summed E-state index contributed by atoms with van der Waals surface area (Å²) < 4.78 is 10.7. The van der Waals surface area contributed by atoms with E-state index in [2.05, 4.69) is 33.7 Å². The van der Waals surface area contributed by atoms with Gasteiger partial charge in [-0.25, -0.2) is 4.79 Å². The molecule has 1 fully saturated rings. The number of aliphatic hydroxyl groups excluding tert-OH is 2. The predicted molar refractivity (Wildman–Crippen MR) is 137 cm³/mol. The molecule has 2 aromatic rings. The summed E-state index contributed by atoms with van der Waals surface area (Å²) >= 11 is 0. The number of carbonyl (C=O) groups is 3. The highest BCUT2D eigenvalue weighted by atomic mass is 16.7. The second-order valence-corrected chi connectivity index (χ2v) is 10.1. The number of nitrogens with one attached hydrogen (secondary N) is 1. The van der Waals surface area contributed by atoms with Crippen LogP contribution in [0.3, 0.4) is 0 Å². The van der Waals surface area contributed by atoms with Crippen molar-refractivity contribution in [3.8, 4) is 40.9 Å². The van der Waals surface area contributed by atoms with Gasteiger partial charge in [0.1, 0.15) is 17.4 Å². The van der Waals surface area contributed by atoms with E-state index in [0.717, 1.165) is 32.2 Å². The molecule has 41 heavy (non-hydrogen) atoms. The Morgan fingerprint density at radius 1 is 1.07 bits per heavy atom. The molecular formula is C29H21NO11. The number of benzene rings is 2. The highest BCUT2D eigenvalue weighted by molar-refractivity contribution is 6.32. The van der Waals surface area contributed by atoms with E-state index in [1.165, 1.54) is 12.2 Å². The van der Waals surface area contributed by atoms with Crippen LogP contribution in [0.2, 0.25) is 0 Å². The predicted octanol–water partition coefficient (Wildman–Crippen LogP) is -0.440. The smallest absolute Gasteiger partial charge is 0.337 e. The molecule has 6 rings (SSSR count). The van der Waals surface area contributed by atoms with Crippen LogP contribution in [-0.4, -0.2) is 84.7 Å². The summed E-state index contributed by atoms with van der Waals surface area (Å²) in [6.45, 7) is 1.07. The number of phenols is 3. The van der Waals surface area contributed by atoms with Gasteiger partial charge in [0.25, 0.3) is 0 Å². The van der Waals surface area contributed by atoms with Gasteiger partial charge in [-0.05, 0) is 37.3 Å².